The molecular weight excluding hydrogens is 138 g/mol. The average Bonchev–Trinajstić information content (AvgIpc) is 2.40. The van der Waals surface area contributed by atoms with Crippen LogP contribution in [0.25, 0.3) is 0 Å². The number of nitrogens with one attached hydrogen (secondary N) is 1. The third-order valence-electron chi connectivity index (χ3n) is 2.02. The van der Waals surface area contributed by atoms with Crippen molar-refractivity contribution in [1.29, 1.82) is 0 Å². The maximum atomic E-state index is 11.0. The number of allylic oxidation sites excluding steroid dienone is 1. The SMILES string of the molecule is C/C=C/C(=O)NC1CCCC1. The van der Waals surface area contributed by atoms with Gasteiger partial charge in [-0.3, -0.25) is 4.79 Å². The van der Waals surface area contributed by atoms with Crippen molar-refractivity contribution in [1.82, 2.24) is 5.32 Å². The number of rotatable bonds is 2. The maximum absolute atomic E-state index is 11.0. The molecular formula is C9H15NO. The van der Waals surface area contributed by atoms with Crippen molar-refractivity contribution in [3.63, 3.8) is 0 Å². The molecule has 1 rings (SSSR count). The van der Waals surface area contributed by atoms with Crippen molar-refractivity contribution in [2.75, 3.05) is 0 Å². The molecule has 1 fully saturated rings. The Bertz CT molecular complexity index is 157. The number of carbonyl (C=O) groups is 1. The molecule has 1 aliphatic rings. The summed E-state index contributed by atoms with van der Waals surface area (Å²) in [5, 5.41) is 2.95. The lowest BCUT2D eigenvalue weighted by atomic mass is 10.2. The minimum Gasteiger partial charge on any atom is -0.350 e. The highest BCUT2D eigenvalue weighted by Gasteiger charge is 2.15. The molecule has 1 N–H and O–H groups in total. The first-order chi connectivity index (χ1) is 5.33. The van der Waals surface area contributed by atoms with Gasteiger partial charge in [0.25, 0.3) is 0 Å². The van der Waals surface area contributed by atoms with E-state index in [2.05, 4.69) is 5.32 Å². The summed E-state index contributed by atoms with van der Waals surface area (Å²) in [7, 11) is 0. The highest BCUT2D eigenvalue weighted by Crippen LogP contribution is 2.17. The smallest absolute Gasteiger partial charge is 0.243 e. The van der Waals surface area contributed by atoms with Gasteiger partial charge in [-0.15, -0.1) is 0 Å². The number of amides is 1. The van der Waals surface area contributed by atoms with Crippen LogP contribution in [0.15, 0.2) is 12.2 Å². The Hall–Kier alpha value is -0.790. The van der Waals surface area contributed by atoms with E-state index in [0.29, 0.717) is 6.04 Å². The van der Waals surface area contributed by atoms with Crippen LogP contribution in [0.5, 0.6) is 0 Å². The highest BCUT2D eigenvalue weighted by molar-refractivity contribution is 5.87. The maximum Gasteiger partial charge on any atom is 0.243 e. The number of carbonyl (C=O) groups excluding carboxylic acids is 1. The Morgan fingerprint density at radius 1 is 1.45 bits per heavy atom. The summed E-state index contributed by atoms with van der Waals surface area (Å²) in [4.78, 5) is 11.0. The minimum absolute atomic E-state index is 0.0550. The molecule has 0 spiro atoms. The van der Waals surface area contributed by atoms with Crippen molar-refractivity contribution < 1.29 is 4.79 Å². The fourth-order valence-electron chi connectivity index (χ4n) is 1.47. The van der Waals surface area contributed by atoms with E-state index >= 15 is 0 Å². The largest absolute Gasteiger partial charge is 0.350 e. The molecule has 0 aromatic carbocycles. The molecule has 0 unspecified atom stereocenters. The second-order valence-electron chi connectivity index (χ2n) is 2.99. The number of hydrogen-bond donors (Lipinski definition) is 1. The Morgan fingerprint density at radius 3 is 2.64 bits per heavy atom. The van der Waals surface area contributed by atoms with Crippen LogP contribution in [-0.2, 0) is 4.79 Å². The van der Waals surface area contributed by atoms with E-state index in [1.165, 1.54) is 12.8 Å². The topological polar surface area (TPSA) is 29.1 Å². The van der Waals surface area contributed by atoms with Gasteiger partial charge in [-0.05, 0) is 25.8 Å². The van der Waals surface area contributed by atoms with Gasteiger partial charge in [0.1, 0.15) is 0 Å². The van der Waals surface area contributed by atoms with E-state index < -0.39 is 0 Å². The summed E-state index contributed by atoms with van der Waals surface area (Å²) >= 11 is 0. The van der Waals surface area contributed by atoms with Gasteiger partial charge in [0.05, 0.1) is 0 Å². The Balaban J connectivity index is 2.23. The lowest BCUT2D eigenvalue weighted by Gasteiger charge is -2.08. The second-order valence-corrected chi connectivity index (χ2v) is 2.99. The van der Waals surface area contributed by atoms with Crippen LogP contribution in [-0.4, -0.2) is 11.9 Å². The normalized spacial score (nSPS) is 19.4. The van der Waals surface area contributed by atoms with E-state index in [9.17, 15) is 4.79 Å². The molecule has 2 nitrogen and oxygen atoms in total. The molecule has 0 aromatic rings. The summed E-state index contributed by atoms with van der Waals surface area (Å²) in [5.41, 5.74) is 0. The van der Waals surface area contributed by atoms with Gasteiger partial charge >= 0.3 is 0 Å². The molecule has 2 heteroatoms. The van der Waals surface area contributed by atoms with Gasteiger partial charge in [-0.2, -0.15) is 0 Å². The van der Waals surface area contributed by atoms with Gasteiger partial charge in [0, 0.05) is 6.04 Å². The van der Waals surface area contributed by atoms with Gasteiger partial charge < -0.3 is 5.32 Å². The highest BCUT2D eigenvalue weighted by atomic mass is 16.1. The van der Waals surface area contributed by atoms with Gasteiger partial charge in [-0.25, -0.2) is 0 Å². The fourth-order valence-corrected chi connectivity index (χ4v) is 1.47. The third kappa shape index (κ3) is 2.74. The van der Waals surface area contributed by atoms with Crippen LogP contribution in [0.2, 0.25) is 0 Å². The lowest BCUT2D eigenvalue weighted by molar-refractivity contribution is -0.117. The van der Waals surface area contributed by atoms with Crippen molar-refractivity contribution >= 4 is 5.91 Å². The Kier molecular flexibility index (Phi) is 3.14. The quantitative estimate of drug-likeness (QED) is 0.600. The lowest BCUT2D eigenvalue weighted by Crippen LogP contribution is -2.30. The molecule has 1 saturated carbocycles. The third-order valence-corrected chi connectivity index (χ3v) is 2.02. The predicted octanol–water partition coefficient (Wildman–Crippen LogP) is 1.62. The molecule has 0 heterocycles. The van der Waals surface area contributed by atoms with Crippen molar-refractivity contribution in [2.45, 2.75) is 38.6 Å². The van der Waals surface area contributed by atoms with Crippen LogP contribution in [0.3, 0.4) is 0 Å². The van der Waals surface area contributed by atoms with Crippen molar-refractivity contribution in [3.8, 4) is 0 Å². The summed E-state index contributed by atoms with van der Waals surface area (Å²) in [6.07, 6.45) is 8.19. The molecule has 0 saturated heterocycles. The number of hydrogen-bond acceptors (Lipinski definition) is 1. The first-order valence-electron chi connectivity index (χ1n) is 4.26. The molecule has 0 bridgehead atoms. The molecule has 1 aliphatic carbocycles. The van der Waals surface area contributed by atoms with Crippen LogP contribution < -0.4 is 5.32 Å². The minimum atomic E-state index is 0.0550. The molecule has 0 radical (unpaired) electrons. The Labute approximate surface area is 67.7 Å². The van der Waals surface area contributed by atoms with Gasteiger partial charge in [0.15, 0.2) is 0 Å². The summed E-state index contributed by atoms with van der Waals surface area (Å²) in [5.74, 6) is 0.0550. The second kappa shape index (κ2) is 4.16. The Morgan fingerprint density at radius 2 is 2.09 bits per heavy atom. The van der Waals surface area contributed by atoms with E-state index in [1.54, 1.807) is 12.2 Å². The molecule has 0 aliphatic heterocycles. The summed E-state index contributed by atoms with van der Waals surface area (Å²) in [6, 6.07) is 0.443. The monoisotopic (exact) mass is 153 g/mol. The zero-order valence-electron chi connectivity index (χ0n) is 6.97. The fraction of sp³-hybridized carbons (Fsp3) is 0.667. The summed E-state index contributed by atoms with van der Waals surface area (Å²) in [6.45, 7) is 1.86. The molecule has 11 heavy (non-hydrogen) atoms. The zero-order valence-corrected chi connectivity index (χ0v) is 6.97. The standard InChI is InChI=1S/C9H15NO/c1-2-5-9(11)10-8-6-3-4-7-8/h2,5,8H,3-4,6-7H2,1H3,(H,10,11)/b5-2+. The molecule has 1 amide bonds. The first-order valence-corrected chi connectivity index (χ1v) is 4.26. The van der Waals surface area contributed by atoms with E-state index in [0.717, 1.165) is 12.8 Å². The van der Waals surface area contributed by atoms with Crippen LogP contribution in [0, 0.1) is 0 Å². The van der Waals surface area contributed by atoms with Crippen LogP contribution in [0.4, 0.5) is 0 Å². The van der Waals surface area contributed by atoms with Gasteiger partial charge in [0.2, 0.25) is 5.91 Å². The first kappa shape index (κ1) is 8.31. The van der Waals surface area contributed by atoms with E-state index in [4.69, 9.17) is 0 Å². The van der Waals surface area contributed by atoms with Crippen molar-refractivity contribution in [2.24, 2.45) is 0 Å². The van der Waals surface area contributed by atoms with Gasteiger partial charge in [-0.1, -0.05) is 18.9 Å². The van der Waals surface area contributed by atoms with Crippen LogP contribution >= 0.6 is 0 Å². The molecule has 0 atom stereocenters. The van der Waals surface area contributed by atoms with Crippen molar-refractivity contribution in [3.05, 3.63) is 12.2 Å². The van der Waals surface area contributed by atoms with Crippen LogP contribution in [0.1, 0.15) is 32.6 Å². The van der Waals surface area contributed by atoms with E-state index in [-0.39, 0.29) is 5.91 Å². The zero-order chi connectivity index (χ0) is 8.10. The summed E-state index contributed by atoms with van der Waals surface area (Å²) < 4.78 is 0. The molecule has 62 valence electrons. The average molecular weight is 153 g/mol. The van der Waals surface area contributed by atoms with E-state index in [1.807, 2.05) is 6.92 Å². The predicted molar refractivity (Wildman–Crippen MR) is 45.2 cm³/mol. The molecule has 0 aromatic heterocycles.